The highest BCUT2D eigenvalue weighted by Gasteiger charge is 2.36. The van der Waals surface area contributed by atoms with E-state index in [-0.39, 0.29) is 17.1 Å². The van der Waals surface area contributed by atoms with Crippen LogP contribution in [0.25, 0.3) is 0 Å². The van der Waals surface area contributed by atoms with E-state index in [1.165, 1.54) is 6.07 Å². The molecule has 1 aliphatic carbocycles. The molecule has 2 unspecified atom stereocenters. The molecule has 20 heavy (non-hydrogen) atoms. The van der Waals surface area contributed by atoms with Crippen LogP contribution in [-0.2, 0) is 6.18 Å². The van der Waals surface area contributed by atoms with Gasteiger partial charge < -0.3 is 4.74 Å². The first-order chi connectivity index (χ1) is 9.40. The minimum absolute atomic E-state index is 0.0947. The fourth-order valence-electron chi connectivity index (χ4n) is 2.54. The molecule has 1 aromatic heterocycles. The standard InChI is InChI=1S/C13H16ClF3N2O/c1-2-8-5-3-4-6-9(8)20-11-7-10(14)18-12(19-11)13(15,16)17/h7-9H,2-6H2,1H3. The van der Waals surface area contributed by atoms with E-state index >= 15 is 0 Å². The Kier molecular flexibility index (Phi) is 4.73. The van der Waals surface area contributed by atoms with Crippen LogP contribution in [0, 0.1) is 5.92 Å². The van der Waals surface area contributed by atoms with Crippen LogP contribution in [0.4, 0.5) is 13.2 Å². The van der Waals surface area contributed by atoms with E-state index in [1.807, 2.05) is 0 Å². The highest BCUT2D eigenvalue weighted by molar-refractivity contribution is 6.29. The summed E-state index contributed by atoms with van der Waals surface area (Å²) in [5, 5.41) is -0.258. The quantitative estimate of drug-likeness (QED) is 0.771. The molecule has 0 spiro atoms. The summed E-state index contributed by atoms with van der Waals surface area (Å²) in [7, 11) is 0. The van der Waals surface area contributed by atoms with Crippen LogP contribution in [0.15, 0.2) is 6.07 Å². The third kappa shape index (κ3) is 3.75. The van der Waals surface area contributed by atoms with Gasteiger partial charge in [0.15, 0.2) is 0 Å². The van der Waals surface area contributed by atoms with Crippen LogP contribution in [-0.4, -0.2) is 16.1 Å². The number of halogens is 4. The molecule has 1 aromatic rings. The number of ether oxygens (including phenoxy) is 1. The molecule has 1 heterocycles. The normalized spacial score (nSPS) is 23.6. The Bertz CT molecular complexity index is 467. The van der Waals surface area contributed by atoms with Gasteiger partial charge in [-0.15, -0.1) is 0 Å². The summed E-state index contributed by atoms with van der Waals surface area (Å²) in [6, 6.07) is 1.23. The molecular formula is C13H16ClF3N2O. The summed E-state index contributed by atoms with van der Waals surface area (Å²) < 4.78 is 43.5. The van der Waals surface area contributed by atoms with E-state index in [9.17, 15) is 13.2 Å². The third-order valence-electron chi connectivity index (χ3n) is 3.56. The van der Waals surface area contributed by atoms with Crippen LogP contribution < -0.4 is 4.74 Å². The summed E-state index contributed by atoms with van der Waals surface area (Å²) in [6.07, 6.45) is 0.243. The van der Waals surface area contributed by atoms with Gasteiger partial charge in [-0.3, -0.25) is 0 Å². The van der Waals surface area contributed by atoms with Gasteiger partial charge in [-0.2, -0.15) is 18.2 Å². The van der Waals surface area contributed by atoms with Gasteiger partial charge in [0.25, 0.3) is 0 Å². The lowest BCUT2D eigenvalue weighted by atomic mass is 9.85. The Hall–Kier alpha value is -1.04. The maximum absolute atomic E-state index is 12.6. The Labute approximate surface area is 120 Å². The molecule has 0 radical (unpaired) electrons. The Balaban J connectivity index is 2.18. The van der Waals surface area contributed by atoms with Crippen molar-refractivity contribution in [1.82, 2.24) is 9.97 Å². The van der Waals surface area contributed by atoms with Crippen molar-refractivity contribution in [3.63, 3.8) is 0 Å². The lowest BCUT2D eigenvalue weighted by molar-refractivity contribution is -0.145. The van der Waals surface area contributed by atoms with Crippen LogP contribution in [0.2, 0.25) is 5.15 Å². The summed E-state index contributed by atoms with van der Waals surface area (Å²) >= 11 is 5.61. The molecule has 0 bridgehead atoms. The van der Waals surface area contributed by atoms with E-state index in [0.29, 0.717) is 5.92 Å². The van der Waals surface area contributed by atoms with Crippen molar-refractivity contribution in [2.45, 2.75) is 51.3 Å². The number of hydrogen-bond donors (Lipinski definition) is 0. The van der Waals surface area contributed by atoms with Gasteiger partial charge in [0.1, 0.15) is 11.3 Å². The minimum atomic E-state index is -4.63. The summed E-state index contributed by atoms with van der Waals surface area (Å²) in [6.45, 7) is 2.06. The molecule has 2 atom stereocenters. The Morgan fingerprint density at radius 3 is 2.65 bits per heavy atom. The highest BCUT2D eigenvalue weighted by Crippen LogP contribution is 2.32. The average Bonchev–Trinajstić information content (AvgIpc) is 2.37. The predicted molar refractivity (Wildman–Crippen MR) is 68.7 cm³/mol. The largest absolute Gasteiger partial charge is 0.474 e. The van der Waals surface area contributed by atoms with E-state index in [2.05, 4.69) is 16.9 Å². The maximum Gasteiger partial charge on any atom is 0.451 e. The second-order valence-electron chi connectivity index (χ2n) is 4.96. The number of alkyl halides is 3. The highest BCUT2D eigenvalue weighted by atomic mass is 35.5. The fraction of sp³-hybridized carbons (Fsp3) is 0.692. The Morgan fingerprint density at radius 1 is 1.30 bits per heavy atom. The zero-order valence-electron chi connectivity index (χ0n) is 11.1. The van der Waals surface area contributed by atoms with Crippen molar-refractivity contribution in [3.8, 4) is 5.88 Å². The summed E-state index contributed by atoms with van der Waals surface area (Å²) in [4.78, 5) is 6.61. The molecule has 7 heteroatoms. The van der Waals surface area contributed by atoms with Gasteiger partial charge >= 0.3 is 6.18 Å². The molecule has 1 aliphatic rings. The molecule has 1 saturated carbocycles. The summed E-state index contributed by atoms with van der Waals surface area (Å²) in [5.74, 6) is -1.00. The van der Waals surface area contributed by atoms with E-state index < -0.39 is 12.0 Å². The van der Waals surface area contributed by atoms with Gasteiger partial charge in [-0.05, 0) is 31.6 Å². The molecule has 112 valence electrons. The lowest BCUT2D eigenvalue weighted by Crippen LogP contribution is -2.30. The number of nitrogens with zero attached hydrogens (tertiary/aromatic N) is 2. The molecular weight excluding hydrogens is 293 g/mol. The molecule has 0 aromatic carbocycles. The average molecular weight is 309 g/mol. The zero-order valence-corrected chi connectivity index (χ0v) is 11.8. The van der Waals surface area contributed by atoms with E-state index in [1.54, 1.807) is 0 Å². The second kappa shape index (κ2) is 6.16. The topological polar surface area (TPSA) is 35.0 Å². The molecule has 1 fully saturated rings. The maximum atomic E-state index is 12.6. The fourth-order valence-corrected chi connectivity index (χ4v) is 2.71. The first kappa shape index (κ1) is 15.4. The SMILES string of the molecule is CCC1CCCCC1Oc1cc(Cl)nc(C(F)(F)F)n1. The van der Waals surface area contributed by atoms with Gasteiger partial charge in [0.05, 0.1) is 0 Å². The predicted octanol–water partition coefficient (Wildman–Crippen LogP) is 4.50. The van der Waals surface area contributed by atoms with Crippen molar-refractivity contribution in [3.05, 3.63) is 17.0 Å². The Morgan fingerprint density at radius 2 is 2.00 bits per heavy atom. The molecule has 0 N–H and O–H groups in total. The van der Waals surface area contributed by atoms with Crippen molar-refractivity contribution in [2.24, 2.45) is 5.92 Å². The monoisotopic (exact) mass is 308 g/mol. The van der Waals surface area contributed by atoms with Gasteiger partial charge in [-0.1, -0.05) is 24.9 Å². The minimum Gasteiger partial charge on any atom is -0.474 e. The lowest BCUT2D eigenvalue weighted by Gasteiger charge is -2.30. The molecule has 3 nitrogen and oxygen atoms in total. The third-order valence-corrected chi connectivity index (χ3v) is 3.75. The van der Waals surface area contributed by atoms with Crippen molar-refractivity contribution < 1.29 is 17.9 Å². The van der Waals surface area contributed by atoms with E-state index in [0.717, 1.165) is 32.1 Å². The number of aromatic nitrogens is 2. The first-order valence-corrected chi connectivity index (χ1v) is 7.06. The van der Waals surface area contributed by atoms with Crippen LogP contribution in [0.3, 0.4) is 0 Å². The van der Waals surface area contributed by atoms with Crippen molar-refractivity contribution in [2.75, 3.05) is 0 Å². The molecule has 2 rings (SSSR count). The molecule has 0 amide bonds. The van der Waals surface area contributed by atoms with Crippen LogP contribution in [0.1, 0.15) is 44.9 Å². The number of hydrogen-bond acceptors (Lipinski definition) is 3. The zero-order chi connectivity index (χ0) is 14.8. The number of rotatable bonds is 3. The van der Waals surface area contributed by atoms with Gasteiger partial charge in [0, 0.05) is 6.07 Å². The molecule has 0 aliphatic heterocycles. The van der Waals surface area contributed by atoms with Gasteiger partial charge in [0.2, 0.25) is 11.7 Å². The van der Waals surface area contributed by atoms with E-state index in [4.69, 9.17) is 16.3 Å². The second-order valence-corrected chi connectivity index (χ2v) is 5.35. The molecule has 0 saturated heterocycles. The van der Waals surface area contributed by atoms with Crippen LogP contribution >= 0.6 is 11.6 Å². The van der Waals surface area contributed by atoms with Crippen LogP contribution in [0.5, 0.6) is 5.88 Å². The smallest absolute Gasteiger partial charge is 0.451 e. The van der Waals surface area contributed by atoms with Gasteiger partial charge in [-0.25, -0.2) is 4.98 Å². The van der Waals surface area contributed by atoms with Crippen molar-refractivity contribution >= 4 is 11.6 Å². The summed E-state index contributed by atoms with van der Waals surface area (Å²) in [5.41, 5.74) is 0. The van der Waals surface area contributed by atoms with Crippen molar-refractivity contribution in [1.29, 1.82) is 0 Å². The first-order valence-electron chi connectivity index (χ1n) is 6.68.